The summed E-state index contributed by atoms with van der Waals surface area (Å²) in [5.74, 6) is 1.39. The Morgan fingerprint density at radius 2 is 2.07 bits per heavy atom. The number of carbonyl (C=O) groups excluding carboxylic acids is 1. The standard InChI is InChI=1S/C22H28N4O/c1-15-7-5-9-18-19(15)24-20(23-18)16-8-6-11-25(13-16)21(27)17-10-12-26(14-17)22(2,3)4/h5,7,9-10,12,14,16H,6,8,11,13H2,1-4H3,(H,23,24)/t16-/m1/s1. The summed E-state index contributed by atoms with van der Waals surface area (Å²) in [6, 6.07) is 8.14. The van der Waals surface area contributed by atoms with E-state index in [9.17, 15) is 4.79 Å². The molecule has 27 heavy (non-hydrogen) atoms. The minimum atomic E-state index is -0.0188. The first kappa shape index (κ1) is 17.8. The summed E-state index contributed by atoms with van der Waals surface area (Å²) in [6.07, 6.45) is 6.03. The number of aryl methyl sites for hydroxylation is 1. The Kier molecular flexibility index (Phi) is 4.33. The van der Waals surface area contributed by atoms with Crippen LogP contribution >= 0.6 is 0 Å². The Bertz CT molecular complexity index is 976. The number of fused-ring (bicyclic) bond motifs is 1. The number of H-pyrrole nitrogens is 1. The number of nitrogens with zero attached hydrogens (tertiary/aromatic N) is 3. The molecule has 1 amide bonds. The highest BCUT2D eigenvalue weighted by molar-refractivity contribution is 5.94. The number of rotatable bonds is 2. The summed E-state index contributed by atoms with van der Waals surface area (Å²) in [5.41, 5.74) is 4.05. The van der Waals surface area contributed by atoms with E-state index in [2.05, 4.69) is 55.4 Å². The van der Waals surface area contributed by atoms with E-state index in [1.54, 1.807) is 0 Å². The van der Waals surface area contributed by atoms with Crippen molar-refractivity contribution >= 4 is 16.9 Å². The van der Waals surface area contributed by atoms with Gasteiger partial charge in [0.2, 0.25) is 0 Å². The SMILES string of the molecule is Cc1cccc2[nH]c([C@@H]3CCCN(C(=O)c4ccn(C(C)(C)C)c4)C3)nc12. The largest absolute Gasteiger partial charge is 0.348 e. The molecule has 5 heteroatoms. The average Bonchev–Trinajstić information content (AvgIpc) is 3.29. The van der Waals surface area contributed by atoms with Gasteiger partial charge in [-0.25, -0.2) is 4.98 Å². The molecule has 1 aliphatic rings. The fourth-order valence-corrected chi connectivity index (χ4v) is 3.90. The molecule has 1 saturated heterocycles. The lowest BCUT2D eigenvalue weighted by Gasteiger charge is -2.31. The van der Waals surface area contributed by atoms with Gasteiger partial charge in [0.1, 0.15) is 5.82 Å². The lowest BCUT2D eigenvalue weighted by molar-refractivity contribution is 0.0704. The topological polar surface area (TPSA) is 53.9 Å². The number of piperidine rings is 1. The zero-order valence-electron chi connectivity index (χ0n) is 16.6. The number of hydrogen-bond acceptors (Lipinski definition) is 2. The molecule has 1 aromatic carbocycles. The summed E-state index contributed by atoms with van der Waals surface area (Å²) in [4.78, 5) is 23.3. The third kappa shape index (κ3) is 3.38. The van der Waals surface area contributed by atoms with E-state index < -0.39 is 0 Å². The van der Waals surface area contributed by atoms with Gasteiger partial charge in [0.15, 0.2) is 0 Å². The fraction of sp³-hybridized carbons (Fsp3) is 0.455. The molecule has 1 atom stereocenters. The Balaban J connectivity index is 1.54. The first-order valence-electron chi connectivity index (χ1n) is 9.76. The second-order valence-electron chi connectivity index (χ2n) is 8.66. The van der Waals surface area contributed by atoms with Gasteiger partial charge >= 0.3 is 0 Å². The molecule has 0 spiro atoms. The zero-order valence-corrected chi connectivity index (χ0v) is 16.6. The number of para-hydroxylation sites is 1. The highest BCUT2D eigenvalue weighted by atomic mass is 16.2. The molecule has 3 aromatic rings. The van der Waals surface area contributed by atoms with Gasteiger partial charge in [-0.05, 0) is 58.2 Å². The number of aromatic amines is 1. The van der Waals surface area contributed by atoms with Crippen LogP contribution in [0.3, 0.4) is 0 Å². The molecular weight excluding hydrogens is 336 g/mol. The van der Waals surface area contributed by atoms with Gasteiger partial charge in [0.05, 0.1) is 16.6 Å². The molecule has 0 saturated carbocycles. The van der Waals surface area contributed by atoms with E-state index in [1.165, 1.54) is 5.56 Å². The lowest BCUT2D eigenvalue weighted by Crippen LogP contribution is -2.39. The molecule has 3 heterocycles. The van der Waals surface area contributed by atoms with Gasteiger partial charge in [0.25, 0.3) is 5.91 Å². The van der Waals surface area contributed by atoms with Crippen molar-refractivity contribution in [2.75, 3.05) is 13.1 Å². The van der Waals surface area contributed by atoms with Crippen LogP contribution in [0.2, 0.25) is 0 Å². The average molecular weight is 364 g/mol. The number of nitrogens with one attached hydrogen (secondary N) is 1. The van der Waals surface area contributed by atoms with Crippen LogP contribution in [0, 0.1) is 6.92 Å². The van der Waals surface area contributed by atoms with Gasteiger partial charge in [-0.1, -0.05) is 12.1 Å². The summed E-state index contributed by atoms with van der Waals surface area (Å²) in [5, 5.41) is 0. The Labute approximate surface area is 160 Å². The quantitative estimate of drug-likeness (QED) is 0.730. The number of likely N-dealkylation sites (tertiary alicyclic amines) is 1. The maximum atomic E-state index is 13.0. The van der Waals surface area contributed by atoms with Crippen LogP contribution in [0.15, 0.2) is 36.7 Å². The van der Waals surface area contributed by atoms with Crippen molar-refractivity contribution in [3.63, 3.8) is 0 Å². The van der Waals surface area contributed by atoms with E-state index >= 15 is 0 Å². The molecule has 1 N–H and O–H groups in total. The van der Waals surface area contributed by atoms with Crippen LogP contribution in [0.25, 0.3) is 11.0 Å². The van der Waals surface area contributed by atoms with E-state index in [-0.39, 0.29) is 17.4 Å². The summed E-state index contributed by atoms with van der Waals surface area (Å²) in [6.45, 7) is 10.0. The van der Waals surface area contributed by atoms with Crippen LogP contribution in [0.4, 0.5) is 0 Å². The van der Waals surface area contributed by atoms with Crippen LogP contribution in [0.1, 0.15) is 61.3 Å². The fourth-order valence-electron chi connectivity index (χ4n) is 3.90. The van der Waals surface area contributed by atoms with Crippen LogP contribution in [-0.4, -0.2) is 38.4 Å². The maximum Gasteiger partial charge on any atom is 0.255 e. The molecule has 0 unspecified atom stereocenters. The maximum absolute atomic E-state index is 13.0. The van der Waals surface area contributed by atoms with Gasteiger partial charge in [-0.3, -0.25) is 4.79 Å². The van der Waals surface area contributed by atoms with Crippen molar-refractivity contribution in [1.29, 1.82) is 0 Å². The number of hydrogen-bond donors (Lipinski definition) is 1. The molecular formula is C22H28N4O. The number of amides is 1. The minimum absolute atomic E-state index is 0.0188. The molecule has 142 valence electrons. The monoisotopic (exact) mass is 364 g/mol. The van der Waals surface area contributed by atoms with E-state index in [4.69, 9.17) is 4.98 Å². The highest BCUT2D eigenvalue weighted by Gasteiger charge is 2.28. The van der Waals surface area contributed by atoms with Crippen molar-refractivity contribution < 1.29 is 4.79 Å². The van der Waals surface area contributed by atoms with Crippen molar-refractivity contribution in [3.05, 3.63) is 53.6 Å². The zero-order chi connectivity index (χ0) is 19.2. The van der Waals surface area contributed by atoms with Crippen molar-refractivity contribution in [3.8, 4) is 0 Å². The molecule has 0 aliphatic carbocycles. The van der Waals surface area contributed by atoms with E-state index in [0.717, 1.165) is 48.4 Å². The number of benzene rings is 1. The minimum Gasteiger partial charge on any atom is -0.348 e. The highest BCUT2D eigenvalue weighted by Crippen LogP contribution is 2.28. The Morgan fingerprint density at radius 1 is 1.26 bits per heavy atom. The molecule has 1 fully saturated rings. The Morgan fingerprint density at radius 3 is 2.78 bits per heavy atom. The van der Waals surface area contributed by atoms with Crippen molar-refractivity contribution in [2.45, 2.75) is 52.0 Å². The first-order valence-corrected chi connectivity index (χ1v) is 9.76. The third-order valence-corrected chi connectivity index (χ3v) is 5.54. The summed E-state index contributed by atoms with van der Waals surface area (Å²) < 4.78 is 2.10. The molecule has 4 rings (SSSR count). The normalized spacial score (nSPS) is 18.2. The van der Waals surface area contributed by atoms with Gasteiger partial charge < -0.3 is 14.5 Å². The van der Waals surface area contributed by atoms with Gasteiger partial charge in [-0.2, -0.15) is 0 Å². The van der Waals surface area contributed by atoms with E-state index in [0.29, 0.717) is 0 Å². The van der Waals surface area contributed by atoms with Gasteiger partial charge in [-0.15, -0.1) is 0 Å². The van der Waals surface area contributed by atoms with Crippen LogP contribution < -0.4 is 0 Å². The van der Waals surface area contributed by atoms with Crippen molar-refractivity contribution in [2.24, 2.45) is 0 Å². The molecule has 2 aromatic heterocycles. The molecule has 1 aliphatic heterocycles. The predicted molar refractivity (Wildman–Crippen MR) is 108 cm³/mol. The summed E-state index contributed by atoms with van der Waals surface area (Å²) >= 11 is 0. The second kappa shape index (κ2) is 6.55. The lowest BCUT2D eigenvalue weighted by atomic mass is 9.97. The summed E-state index contributed by atoms with van der Waals surface area (Å²) in [7, 11) is 0. The van der Waals surface area contributed by atoms with Gasteiger partial charge in [0, 0.05) is 36.9 Å². The first-order chi connectivity index (χ1) is 12.8. The molecule has 5 nitrogen and oxygen atoms in total. The third-order valence-electron chi connectivity index (χ3n) is 5.54. The second-order valence-corrected chi connectivity index (χ2v) is 8.66. The van der Waals surface area contributed by atoms with Crippen LogP contribution in [-0.2, 0) is 5.54 Å². The number of imidazole rings is 1. The molecule has 0 bridgehead atoms. The Hall–Kier alpha value is -2.56. The predicted octanol–water partition coefficient (Wildman–Crippen LogP) is 4.45. The number of aromatic nitrogens is 3. The smallest absolute Gasteiger partial charge is 0.255 e. The molecule has 0 radical (unpaired) electrons. The van der Waals surface area contributed by atoms with Crippen molar-refractivity contribution in [1.82, 2.24) is 19.4 Å². The van der Waals surface area contributed by atoms with E-state index in [1.807, 2.05) is 23.4 Å². The van der Waals surface area contributed by atoms with Crippen LogP contribution in [0.5, 0.6) is 0 Å². The number of carbonyl (C=O) groups is 1.